The number of anilines is 1. The maximum absolute atomic E-state index is 11.5. The highest BCUT2D eigenvalue weighted by molar-refractivity contribution is 5.83. The van der Waals surface area contributed by atoms with Gasteiger partial charge in [-0.1, -0.05) is 0 Å². The van der Waals surface area contributed by atoms with Crippen LogP contribution in [0.25, 0.3) is 0 Å². The molecule has 0 spiro atoms. The molecule has 5 nitrogen and oxygen atoms in total. The first-order valence-corrected chi connectivity index (χ1v) is 5.76. The predicted molar refractivity (Wildman–Crippen MR) is 63.9 cm³/mol. The van der Waals surface area contributed by atoms with Gasteiger partial charge in [-0.15, -0.1) is 0 Å². The number of amides is 1. The standard InChI is InChI=1S/C12H17N3O2/c1-12(2,3)17-11(16)15-10-6-9(8-4-5-8)13-7-14-10/h6-8H,4-5H2,1-3H3,(H,13,14,15,16). The Morgan fingerprint density at radius 1 is 1.41 bits per heavy atom. The normalized spacial score (nSPS) is 15.5. The summed E-state index contributed by atoms with van der Waals surface area (Å²) >= 11 is 0. The second-order valence-electron chi connectivity index (χ2n) is 5.23. The highest BCUT2D eigenvalue weighted by Gasteiger charge is 2.25. The van der Waals surface area contributed by atoms with Crippen LogP contribution in [0.5, 0.6) is 0 Å². The van der Waals surface area contributed by atoms with Crippen molar-refractivity contribution in [2.45, 2.75) is 45.1 Å². The van der Waals surface area contributed by atoms with Crippen molar-refractivity contribution in [2.24, 2.45) is 0 Å². The molecular formula is C12H17N3O2. The van der Waals surface area contributed by atoms with Crippen molar-refractivity contribution >= 4 is 11.9 Å². The molecule has 92 valence electrons. The molecule has 1 amide bonds. The number of nitrogens with one attached hydrogen (secondary N) is 1. The van der Waals surface area contributed by atoms with Crippen LogP contribution in [-0.2, 0) is 4.74 Å². The molecule has 17 heavy (non-hydrogen) atoms. The van der Waals surface area contributed by atoms with Gasteiger partial charge in [0.2, 0.25) is 0 Å². The Labute approximate surface area is 101 Å². The molecule has 1 aromatic rings. The number of rotatable bonds is 2. The zero-order valence-electron chi connectivity index (χ0n) is 10.4. The third-order valence-electron chi connectivity index (χ3n) is 2.31. The monoisotopic (exact) mass is 235 g/mol. The molecule has 0 bridgehead atoms. The van der Waals surface area contributed by atoms with Crippen molar-refractivity contribution in [3.8, 4) is 0 Å². The van der Waals surface area contributed by atoms with Crippen LogP contribution in [0, 0.1) is 0 Å². The smallest absolute Gasteiger partial charge is 0.413 e. The van der Waals surface area contributed by atoms with Gasteiger partial charge in [-0.3, -0.25) is 5.32 Å². The van der Waals surface area contributed by atoms with E-state index < -0.39 is 11.7 Å². The van der Waals surface area contributed by atoms with Gasteiger partial charge in [0.15, 0.2) is 0 Å². The molecule has 5 heteroatoms. The van der Waals surface area contributed by atoms with Gasteiger partial charge in [-0.25, -0.2) is 14.8 Å². The number of hydrogen-bond acceptors (Lipinski definition) is 4. The Bertz CT molecular complexity index is 422. The maximum atomic E-state index is 11.5. The summed E-state index contributed by atoms with van der Waals surface area (Å²) in [6.45, 7) is 5.46. The summed E-state index contributed by atoms with van der Waals surface area (Å²) in [6, 6.07) is 1.81. The molecule has 1 aliphatic carbocycles. The highest BCUT2D eigenvalue weighted by Crippen LogP contribution is 2.39. The molecule has 1 N–H and O–H groups in total. The van der Waals surface area contributed by atoms with Crippen LogP contribution in [0.1, 0.15) is 45.2 Å². The van der Waals surface area contributed by atoms with E-state index in [1.54, 1.807) is 0 Å². The molecular weight excluding hydrogens is 218 g/mol. The van der Waals surface area contributed by atoms with Crippen LogP contribution >= 0.6 is 0 Å². The van der Waals surface area contributed by atoms with Gasteiger partial charge in [0.1, 0.15) is 17.7 Å². The van der Waals surface area contributed by atoms with Crippen molar-refractivity contribution in [2.75, 3.05) is 5.32 Å². The molecule has 0 aliphatic heterocycles. The maximum Gasteiger partial charge on any atom is 0.413 e. The second-order valence-corrected chi connectivity index (χ2v) is 5.23. The van der Waals surface area contributed by atoms with Gasteiger partial charge < -0.3 is 4.74 Å². The van der Waals surface area contributed by atoms with Gasteiger partial charge in [0.05, 0.1) is 0 Å². The molecule has 0 saturated heterocycles. The fourth-order valence-corrected chi connectivity index (χ4v) is 1.45. The van der Waals surface area contributed by atoms with Crippen molar-refractivity contribution in [1.29, 1.82) is 0 Å². The molecule has 1 aromatic heterocycles. The van der Waals surface area contributed by atoms with E-state index in [-0.39, 0.29) is 0 Å². The molecule has 1 aliphatic rings. The Morgan fingerprint density at radius 2 is 2.12 bits per heavy atom. The lowest BCUT2D eigenvalue weighted by atomic mass is 10.2. The van der Waals surface area contributed by atoms with Gasteiger partial charge in [0.25, 0.3) is 0 Å². The lowest BCUT2D eigenvalue weighted by Gasteiger charge is -2.19. The first-order chi connectivity index (χ1) is 7.94. The molecule has 0 aromatic carbocycles. The minimum Gasteiger partial charge on any atom is -0.444 e. The van der Waals surface area contributed by atoms with Gasteiger partial charge in [0, 0.05) is 17.7 Å². The van der Waals surface area contributed by atoms with Crippen LogP contribution in [-0.4, -0.2) is 21.7 Å². The first-order valence-electron chi connectivity index (χ1n) is 5.76. The van der Waals surface area contributed by atoms with Crippen LogP contribution in [0.3, 0.4) is 0 Å². The number of hydrogen-bond donors (Lipinski definition) is 1. The lowest BCUT2D eigenvalue weighted by Crippen LogP contribution is -2.27. The van der Waals surface area contributed by atoms with E-state index in [1.807, 2.05) is 26.8 Å². The van der Waals surface area contributed by atoms with Crippen LogP contribution < -0.4 is 5.32 Å². The van der Waals surface area contributed by atoms with Crippen molar-refractivity contribution in [3.63, 3.8) is 0 Å². The van der Waals surface area contributed by atoms with E-state index in [1.165, 1.54) is 19.2 Å². The summed E-state index contributed by atoms with van der Waals surface area (Å²) in [7, 11) is 0. The highest BCUT2D eigenvalue weighted by atomic mass is 16.6. The minimum atomic E-state index is -0.504. The summed E-state index contributed by atoms with van der Waals surface area (Å²) in [5.74, 6) is 1.04. The molecule has 1 saturated carbocycles. The van der Waals surface area contributed by atoms with Gasteiger partial charge >= 0.3 is 6.09 Å². The van der Waals surface area contributed by atoms with E-state index in [4.69, 9.17) is 4.74 Å². The summed E-state index contributed by atoms with van der Waals surface area (Å²) in [5, 5.41) is 2.61. The number of aromatic nitrogens is 2. The minimum absolute atomic E-state index is 0.488. The number of nitrogens with zero attached hydrogens (tertiary/aromatic N) is 2. The van der Waals surface area contributed by atoms with Crippen molar-refractivity contribution in [1.82, 2.24) is 9.97 Å². The summed E-state index contributed by atoms with van der Waals surface area (Å²) < 4.78 is 5.15. The average Bonchev–Trinajstić information content (AvgIpc) is 2.97. The Balaban J connectivity index is 1.98. The lowest BCUT2D eigenvalue weighted by molar-refractivity contribution is 0.0635. The Morgan fingerprint density at radius 3 is 2.71 bits per heavy atom. The Hall–Kier alpha value is -1.65. The van der Waals surface area contributed by atoms with Gasteiger partial charge in [-0.2, -0.15) is 0 Å². The largest absolute Gasteiger partial charge is 0.444 e. The summed E-state index contributed by atoms with van der Waals surface area (Å²) in [6.07, 6.45) is 3.32. The molecule has 1 fully saturated rings. The van der Waals surface area contributed by atoms with E-state index in [0.717, 1.165) is 5.69 Å². The van der Waals surface area contributed by atoms with Gasteiger partial charge in [-0.05, 0) is 33.6 Å². The van der Waals surface area contributed by atoms with E-state index in [2.05, 4.69) is 15.3 Å². The van der Waals surface area contributed by atoms with Crippen LogP contribution in [0.15, 0.2) is 12.4 Å². The zero-order chi connectivity index (χ0) is 12.5. The van der Waals surface area contributed by atoms with Crippen molar-refractivity contribution < 1.29 is 9.53 Å². The number of ether oxygens (including phenoxy) is 1. The molecule has 2 rings (SSSR count). The second kappa shape index (κ2) is 4.31. The first kappa shape index (κ1) is 11.8. The fourth-order valence-electron chi connectivity index (χ4n) is 1.45. The quantitative estimate of drug-likeness (QED) is 0.856. The fraction of sp³-hybridized carbons (Fsp3) is 0.583. The van der Waals surface area contributed by atoms with Crippen LogP contribution in [0.2, 0.25) is 0 Å². The van der Waals surface area contributed by atoms with Crippen molar-refractivity contribution in [3.05, 3.63) is 18.1 Å². The number of carbonyl (C=O) groups is 1. The van der Waals surface area contributed by atoms with E-state index in [9.17, 15) is 4.79 Å². The zero-order valence-corrected chi connectivity index (χ0v) is 10.4. The molecule has 0 atom stereocenters. The SMILES string of the molecule is CC(C)(C)OC(=O)Nc1cc(C2CC2)ncn1. The van der Waals surface area contributed by atoms with Crippen LogP contribution in [0.4, 0.5) is 10.6 Å². The topological polar surface area (TPSA) is 64.1 Å². The number of carbonyl (C=O) groups excluding carboxylic acids is 1. The molecule has 0 unspecified atom stereocenters. The average molecular weight is 235 g/mol. The summed E-state index contributed by atoms with van der Waals surface area (Å²) in [4.78, 5) is 19.7. The molecule has 1 heterocycles. The predicted octanol–water partition coefficient (Wildman–Crippen LogP) is 2.70. The Kier molecular flexibility index (Phi) is 3.00. The van der Waals surface area contributed by atoms with E-state index in [0.29, 0.717) is 11.7 Å². The third kappa shape index (κ3) is 3.69. The van der Waals surface area contributed by atoms with E-state index >= 15 is 0 Å². The third-order valence-corrected chi connectivity index (χ3v) is 2.31. The summed E-state index contributed by atoms with van der Waals surface area (Å²) in [5.41, 5.74) is 0.488. The molecule has 0 radical (unpaired) electrons.